The first-order chi connectivity index (χ1) is 6.90. The van der Waals surface area contributed by atoms with E-state index in [9.17, 15) is 4.79 Å². The van der Waals surface area contributed by atoms with Gasteiger partial charge in [-0.3, -0.25) is 4.79 Å². The van der Waals surface area contributed by atoms with Crippen molar-refractivity contribution >= 4 is 5.91 Å². The Bertz CT molecular complexity index is 254. The van der Waals surface area contributed by atoms with E-state index in [0.29, 0.717) is 0 Å². The lowest BCUT2D eigenvalue weighted by atomic mass is 9.94. The Labute approximate surface area is 89.7 Å². The molecule has 0 saturated heterocycles. The second kappa shape index (κ2) is 5.69. The monoisotopic (exact) mass is 214 g/mol. The fraction of sp³-hybridized carbons (Fsp3) is 0.800. The van der Waals surface area contributed by atoms with Gasteiger partial charge in [0.25, 0.3) is 0 Å². The summed E-state index contributed by atoms with van der Waals surface area (Å²) in [7, 11) is 0. The number of rotatable bonds is 5. The molecule has 0 radical (unpaired) electrons. The van der Waals surface area contributed by atoms with Crippen LogP contribution in [0.5, 0.6) is 0 Å². The van der Waals surface area contributed by atoms with E-state index in [2.05, 4.69) is 5.32 Å². The second-order valence-electron chi connectivity index (χ2n) is 4.22. The van der Waals surface area contributed by atoms with Crippen molar-refractivity contribution in [1.29, 1.82) is 5.26 Å². The van der Waals surface area contributed by atoms with Gasteiger partial charge >= 0.3 is 0 Å². The lowest BCUT2D eigenvalue weighted by Gasteiger charge is -2.27. The Hall–Kier alpha value is -1.12. The Morgan fingerprint density at radius 2 is 1.93 bits per heavy atom. The van der Waals surface area contributed by atoms with Crippen molar-refractivity contribution in [3.8, 4) is 6.07 Å². The van der Waals surface area contributed by atoms with Crippen LogP contribution in [0, 0.1) is 23.2 Å². The first kappa shape index (κ1) is 13.9. The summed E-state index contributed by atoms with van der Waals surface area (Å²) in [5.74, 6) is -1.32. The Balaban J connectivity index is 4.54. The van der Waals surface area contributed by atoms with Crippen molar-refractivity contribution in [2.24, 2.45) is 11.8 Å². The lowest BCUT2D eigenvalue weighted by molar-refractivity contribution is -0.127. The number of aliphatic hydroxyl groups is 2. The summed E-state index contributed by atoms with van der Waals surface area (Å²) < 4.78 is 0. The summed E-state index contributed by atoms with van der Waals surface area (Å²) in [6.07, 6.45) is 0. The standard InChI is InChI=1S/C10H18N2O3/c1-7(2)8(4-11)9(15)12-10(3,5-13)6-14/h7-8,13-14H,5-6H2,1-3H3,(H,12,15). The summed E-state index contributed by atoms with van der Waals surface area (Å²) >= 11 is 0. The molecule has 0 heterocycles. The van der Waals surface area contributed by atoms with Gasteiger partial charge < -0.3 is 15.5 Å². The zero-order valence-corrected chi connectivity index (χ0v) is 9.32. The molecule has 5 heteroatoms. The van der Waals surface area contributed by atoms with Crippen molar-refractivity contribution in [1.82, 2.24) is 5.32 Å². The van der Waals surface area contributed by atoms with Crippen molar-refractivity contribution < 1.29 is 15.0 Å². The van der Waals surface area contributed by atoms with Crippen LogP contribution >= 0.6 is 0 Å². The Morgan fingerprint density at radius 1 is 1.47 bits per heavy atom. The maximum Gasteiger partial charge on any atom is 0.238 e. The topological polar surface area (TPSA) is 93.4 Å². The molecule has 0 spiro atoms. The first-order valence-electron chi connectivity index (χ1n) is 4.83. The molecule has 0 rings (SSSR count). The molecule has 1 amide bonds. The Morgan fingerprint density at radius 3 is 2.20 bits per heavy atom. The highest BCUT2D eigenvalue weighted by molar-refractivity contribution is 5.82. The highest BCUT2D eigenvalue weighted by atomic mass is 16.3. The zero-order valence-electron chi connectivity index (χ0n) is 9.32. The van der Waals surface area contributed by atoms with E-state index in [4.69, 9.17) is 15.5 Å². The minimum absolute atomic E-state index is 0.100. The van der Waals surface area contributed by atoms with Crippen molar-refractivity contribution in [3.05, 3.63) is 0 Å². The van der Waals surface area contributed by atoms with E-state index in [1.54, 1.807) is 13.8 Å². The van der Waals surface area contributed by atoms with Gasteiger partial charge in [-0.1, -0.05) is 13.8 Å². The van der Waals surface area contributed by atoms with Gasteiger partial charge in [0.15, 0.2) is 0 Å². The highest BCUT2D eigenvalue weighted by Gasteiger charge is 2.29. The predicted molar refractivity (Wildman–Crippen MR) is 54.7 cm³/mol. The van der Waals surface area contributed by atoms with Crippen molar-refractivity contribution in [2.75, 3.05) is 13.2 Å². The SMILES string of the molecule is CC(C)C(C#N)C(=O)NC(C)(CO)CO. The molecule has 3 N–H and O–H groups in total. The fourth-order valence-corrected chi connectivity index (χ4v) is 1.01. The van der Waals surface area contributed by atoms with Crippen LogP contribution in [-0.4, -0.2) is 34.9 Å². The van der Waals surface area contributed by atoms with E-state index in [1.807, 2.05) is 6.07 Å². The van der Waals surface area contributed by atoms with Crippen LogP contribution in [0.1, 0.15) is 20.8 Å². The van der Waals surface area contributed by atoms with Gasteiger partial charge in [0.1, 0.15) is 5.92 Å². The summed E-state index contributed by atoms with van der Waals surface area (Å²) in [4.78, 5) is 11.6. The molecule has 0 aliphatic heterocycles. The molecule has 0 saturated carbocycles. The number of amides is 1. The molecule has 1 unspecified atom stereocenters. The zero-order chi connectivity index (χ0) is 12.1. The number of hydrogen-bond acceptors (Lipinski definition) is 4. The van der Waals surface area contributed by atoms with Crippen LogP contribution in [-0.2, 0) is 4.79 Å². The van der Waals surface area contributed by atoms with Crippen molar-refractivity contribution in [3.63, 3.8) is 0 Å². The summed E-state index contributed by atoms with van der Waals surface area (Å²) in [5.41, 5.74) is -1.07. The number of nitrogens with zero attached hydrogens (tertiary/aromatic N) is 1. The lowest BCUT2D eigenvalue weighted by Crippen LogP contribution is -2.53. The molecule has 0 aromatic carbocycles. The third-order valence-electron chi connectivity index (χ3n) is 2.21. The number of hydrogen-bond donors (Lipinski definition) is 3. The maximum atomic E-state index is 11.6. The molecule has 0 bridgehead atoms. The van der Waals surface area contributed by atoms with Crippen LogP contribution in [0.4, 0.5) is 0 Å². The van der Waals surface area contributed by atoms with Crippen molar-refractivity contribution in [2.45, 2.75) is 26.3 Å². The summed E-state index contributed by atoms with van der Waals surface area (Å²) in [5, 5.41) is 29.2. The summed E-state index contributed by atoms with van der Waals surface area (Å²) in [6, 6.07) is 1.90. The molecule has 5 nitrogen and oxygen atoms in total. The normalized spacial score (nSPS) is 13.4. The van der Waals surface area contributed by atoms with E-state index in [0.717, 1.165) is 0 Å². The van der Waals surface area contributed by atoms with Crippen LogP contribution in [0.3, 0.4) is 0 Å². The molecule has 0 fully saturated rings. The van der Waals surface area contributed by atoms with E-state index >= 15 is 0 Å². The molecule has 0 aromatic heterocycles. The second-order valence-corrected chi connectivity index (χ2v) is 4.22. The van der Waals surface area contributed by atoms with Gasteiger partial charge in [-0.25, -0.2) is 0 Å². The van der Waals surface area contributed by atoms with Crippen LogP contribution in [0.25, 0.3) is 0 Å². The van der Waals surface area contributed by atoms with Gasteiger partial charge in [-0.15, -0.1) is 0 Å². The third-order valence-corrected chi connectivity index (χ3v) is 2.21. The highest BCUT2D eigenvalue weighted by Crippen LogP contribution is 2.11. The molecule has 0 aliphatic carbocycles. The first-order valence-corrected chi connectivity index (χ1v) is 4.83. The average molecular weight is 214 g/mol. The minimum atomic E-state index is -1.07. The molecule has 1 atom stereocenters. The number of nitriles is 1. The molecule has 0 aromatic rings. The maximum absolute atomic E-state index is 11.6. The van der Waals surface area contributed by atoms with Gasteiger partial charge in [-0.2, -0.15) is 5.26 Å². The number of nitrogens with one attached hydrogen (secondary N) is 1. The molecular formula is C10H18N2O3. The molecule has 0 aliphatic rings. The van der Waals surface area contributed by atoms with E-state index in [-0.39, 0.29) is 19.1 Å². The van der Waals surface area contributed by atoms with Crippen LogP contribution in [0.2, 0.25) is 0 Å². The number of carbonyl (C=O) groups is 1. The third kappa shape index (κ3) is 3.86. The van der Waals surface area contributed by atoms with Crippen LogP contribution < -0.4 is 5.32 Å². The number of aliphatic hydroxyl groups excluding tert-OH is 2. The number of carbonyl (C=O) groups excluding carboxylic acids is 1. The quantitative estimate of drug-likeness (QED) is 0.582. The van der Waals surface area contributed by atoms with Gasteiger partial charge in [0.2, 0.25) is 5.91 Å². The Kier molecular flexibility index (Phi) is 5.26. The fourth-order valence-electron chi connectivity index (χ4n) is 1.01. The van der Waals surface area contributed by atoms with Gasteiger partial charge in [-0.05, 0) is 12.8 Å². The van der Waals surface area contributed by atoms with Gasteiger partial charge in [0.05, 0.1) is 24.8 Å². The van der Waals surface area contributed by atoms with E-state index in [1.165, 1.54) is 6.92 Å². The molecule has 15 heavy (non-hydrogen) atoms. The molecule has 86 valence electrons. The smallest absolute Gasteiger partial charge is 0.238 e. The largest absolute Gasteiger partial charge is 0.394 e. The predicted octanol–water partition coefficient (Wildman–Crippen LogP) is -0.358. The van der Waals surface area contributed by atoms with Crippen LogP contribution in [0.15, 0.2) is 0 Å². The van der Waals surface area contributed by atoms with Gasteiger partial charge in [0, 0.05) is 0 Å². The minimum Gasteiger partial charge on any atom is -0.394 e. The molecular weight excluding hydrogens is 196 g/mol. The van der Waals surface area contributed by atoms with E-state index < -0.39 is 17.4 Å². The average Bonchev–Trinajstić information content (AvgIpc) is 2.18. The summed E-state index contributed by atoms with van der Waals surface area (Å²) in [6.45, 7) is 4.31.